The molecule has 0 saturated heterocycles. The van der Waals surface area contributed by atoms with Crippen LogP contribution < -0.4 is 10.1 Å². The fraction of sp³-hybridized carbons (Fsp3) is 0.150. The van der Waals surface area contributed by atoms with Crippen molar-refractivity contribution in [2.75, 3.05) is 12.4 Å². The number of aromatic nitrogens is 2. The molecule has 8 heteroatoms. The Morgan fingerprint density at radius 3 is 2.54 bits per heavy atom. The number of rotatable bonds is 6. The number of hydrogen-bond donors (Lipinski definition) is 1. The Morgan fingerprint density at radius 1 is 1.14 bits per heavy atom. The highest BCUT2D eigenvalue weighted by Crippen LogP contribution is 2.24. The van der Waals surface area contributed by atoms with Crippen LogP contribution >= 0.6 is 15.9 Å². The van der Waals surface area contributed by atoms with Crippen molar-refractivity contribution in [3.8, 4) is 5.75 Å². The summed E-state index contributed by atoms with van der Waals surface area (Å²) in [6.07, 6.45) is 1.55. The molecule has 0 aliphatic heterocycles. The molecule has 1 N–H and O–H groups in total. The molecule has 1 heterocycles. The largest absolute Gasteiger partial charge is 0.488 e. The molecule has 3 rings (SSSR count). The van der Waals surface area contributed by atoms with Crippen molar-refractivity contribution in [2.24, 2.45) is 7.05 Å². The highest BCUT2D eigenvalue weighted by atomic mass is 79.9. The van der Waals surface area contributed by atoms with Crippen LogP contribution in [0.4, 0.5) is 5.69 Å². The van der Waals surface area contributed by atoms with Gasteiger partial charge in [-0.25, -0.2) is 4.79 Å². The molecule has 0 bridgehead atoms. The molecular formula is C20H18BrN3O4. The van der Waals surface area contributed by atoms with Crippen LogP contribution in [0, 0.1) is 0 Å². The maximum atomic E-state index is 12.5. The predicted molar refractivity (Wildman–Crippen MR) is 107 cm³/mol. The fourth-order valence-corrected chi connectivity index (χ4v) is 2.90. The Balaban J connectivity index is 1.66. The van der Waals surface area contributed by atoms with Crippen molar-refractivity contribution in [3.05, 3.63) is 76.0 Å². The zero-order valence-electron chi connectivity index (χ0n) is 15.3. The van der Waals surface area contributed by atoms with E-state index in [0.29, 0.717) is 17.9 Å². The average molecular weight is 444 g/mol. The highest BCUT2D eigenvalue weighted by molar-refractivity contribution is 9.10. The van der Waals surface area contributed by atoms with Gasteiger partial charge >= 0.3 is 5.97 Å². The number of nitrogens with zero attached hydrogens (tertiary/aromatic N) is 2. The lowest BCUT2D eigenvalue weighted by molar-refractivity contribution is 0.0594. The van der Waals surface area contributed by atoms with E-state index in [4.69, 9.17) is 4.74 Å². The number of methoxy groups -OCH3 is 1. The maximum absolute atomic E-state index is 12.5. The highest BCUT2D eigenvalue weighted by Gasteiger charge is 2.19. The van der Waals surface area contributed by atoms with Crippen molar-refractivity contribution in [3.63, 3.8) is 0 Å². The first-order valence-corrected chi connectivity index (χ1v) is 9.17. The number of carbonyl (C=O) groups excluding carboxylic acids is 2. The van der Waals surface area contributed by atoms with Crippen molar-refractivity contribution in [2.45, 2.75) is 6.61 Å². The van der Waals surface area contributed by atoms with E-state index in [1.54, 1.807) is 25.4 Å². The lowest BCUT2D eigenvalue weighted by Crippen LogP contribution is -2.14. The van der Waals surface area contributed by atoms with Crippen molar-refractivity contribution in [1.82, 2.24) is 9.78 Å². The third-order valence-corrected chi connectivity index (χ3v) is 4.56. The Labute approximate surface area is 170 Å². The van der Waals surface area contributed by atoms with E-state index >= 15 is 0 Å². The molecule has 3 aromatic rings. The Bertz CT molecular complexity index is 999. The molecule has 0 atom stereocenters. The number of benzene rings is 2. The molecule has 0 fully saturated rings. The third-order valence-electron chi connectivity index (χ3n) is 3.90. The van der Waals surface area contributed by atoms with Gasteiger partial charge < -0.3 is 14.8 Å². The van der Waals surface area contributed by atoms with E-state index < -0.39 is 5.97 Å². The van der Waals surface area contributed by atoms with Crippen LogP contribution in [0.5, 0.6) is 5.75 Å². The Hall–Kier alpha value is -3.13. The van der Waals surface area contributed by atoms with Gasteiger partial charge in [0.25, 0.3) is 5.91 Å². The van der Waals surface area contributed by atoms with Crippen LogP contribution in [0.15, 0.2) is 59.2 Å². The van der Waals surface area contributed by atoms with Crippen molar-refractivity contribution in [1.29, 1.82) is 0 Å². The van der Waals surface area contributed by atoms with Crippen LogP contribution in [-0.4, -0.2) is 28.8 Å². The van der Waals surface area contributed by atoms with E-state index in [9.17, 15) is 9.59 Å². The van der Waals surface area contributed by atoms with E-state index in [2.05, 4.69) is 31.1 Å². The first kappa shape index (κ1) is 19.6. The number of nitrogens with one attached hydrogen (secondary N) is 1. The van der Waals surface area contributed by atoms with E-state index in [1.165, 1.54) is 11.8 Å². The summed E-state index contributed by atoms with van der Waals surface area (Å²) in [6, 6.07) is 14.6. The van der Waals surface area contributed by atoms with Gasteiger partial charge in [0, 0.05) is 18.8 Å². The first-order chi connectivity index (χ1) is 13.5. The van der Waals surface area contributed by atoms with Gasteiger partial charge in [-0.3, -0.25) is 9.48 Å². The molecule has 7 nitrogen and oxygen atoms in total. The van der Waals surface area contributed by atoms with Gasteiger partial charge in [-0.1, -0.05) is 24.3 Å². The Kier molecular flexibility index (Phi) is 6.10. The number of ether oxygens (including phenoxy) is 2. The topological polar surface area (TPSA) is 82.5 Å². The molecule has 0 radical (unpaired) electrons. The second kappa shape index (κ2) is 8.71. The minimum atomic E-state index is -0.615. The fourth-order valence-electron chi connectivity index (χ4n) is 2.50. The third kappa shape index (κ3) is 4.58. The summed E-state index contributed by atoms with van der Waals surface area (Å²) in [4.78, 5) is 24.2. The van der Waals surface area contributed by atoms with Gasteiger partial charge in [-0.2, -0.15) is 5.10 Å². The molecule has 28 heavy (non-hydrogen) atoms. The average Bonchev–Trinajstić information content (AvgIpc) is 3.07. The number of hydrogen-bond acceptors (Lipinski definition) is 5. The monoisotopic (exact) mass is 443 g/mol. The van der Waals surface area contributed by atoms with Gasteiger partial charge in [-0.05, 0) is 45.8 Å². The molecule has 1 aromatic heterocycles. The SMILES string of the molecule is COC(=O)c1nn(C)cc1NC(=O)c1ccc(COc2ccccc2Br)cc1. The van der Waals surface area contributed by atoms with E-state index in [0.717, 1.165) is 15.8 Å². The maximum Gasteiger partial charge on any atom is 0.360 e. The molecular weight excluding hydrogens is 426 g/mol. The number of aryl methyl sites for hydroxylation is 1. The summed E-state index contributed by atoms with van der Waals surface area (Å²) >= 11 is 3.44. The minimum Gasteiger partial charge on any atom is -0.488 e. The normalized spacial score (nSPS) is 10.4. The lowest BCUT2D eigenvalue weighted by Gasteiger charge is -2.09. The summed E-state index contributed by atoms with van der Waals surface area (Å²) in [5, 5.41) is 6.70. The molecule has 0 aliphatic rings. The molecule has 0 unspecified atom stereocenters. The summed E-state index contributed by atoms with van der Waals surface area (Å²) < 4.78 is 12.8. The quantitative estimate of drug-likeness (QED) is 0.585. The number of halogens is 1. The van der Waals surface area contributed by atoms with Crippen LogP contribution in [0.25, 0.3) is 0 Å². The number of para-hydroxylation sites is 1. The zero-order chi connectivity index (χ0) is 20.1. The van der Waals surface area contributed by atoms with Gasteiger partial charge in [-0.15, -0.1) is 0 Å². The summed E-state index contributed by atoms with van der Waals surface area (Å²) in [6.45, 7) is 0.375. The zero-order valence-corrected chi connectivity index (χ0v) is 16.9. The van der Waals surface area contributed by atoms with Crippen LogP contribution in [-0.2, 0) is 18.4 Å². The van der Waals surface area contributed by atoms with Crippen molar-refractivity contribution >= 4 is 33.5 Å². The summed E-state index contributed by atoms with van der Waals surface area (Å²) in [5.41, 5.74) is 1.71. The molecule has 0 aliphatic carbocycles. The lowest BCUT2D eigenvalue weighted by atomic mass is 10.1. The number of anilines is 1. The molecule has 144 valence electrons. The summed E-state index contributed by atoms with van der Waals surface area (Å²) in [7, 11) is 2.92. The standard InChI is InChI=1S/C20H18BrN3O4/c1-24-11-16(18(23-24)20(26)27-2)22-19(25)14-9-7-13(8-10-14)12-28-17-6-4-3-5-15(17)21/h3-11H,12H2,1-2H3,(H,22,25). The second-order valence-electron chi connectivity index (χ2n) is 5.93. The Morgan fingerprint density at radius 2 is 1.86 bits per heavy atom. The van der Waals surface area contributed by atoms with E-state index in [1.807, 2.05) is 36.4 Å². The second-order valence-corrected chi connectivity index (χ2v) is 6.78. The van der Waals surface area contributed by atoms with Crippen LogP contribution in [0.2, 0.25) is 0 Å². The molecule has 0 spiro atoms. The van der Waals surface area contributed by atoms with Crippen LogP contribution in [0.3, 0.4) is 0 Å². The van der Waals surface area contributed by atoms with Gasteiger partial charge in [0.2, 0.25) is 0 Å². The number of carbonyl (C=O) groups is 2. The molecule has 1 amide bonds. The van der Waals surface area contributed by atoms with Gasteiger partial charge in [0.05, 0.1) is 17.3 Å². The minimum absolute atomic E-state index is 0.0526. The van der Waals surface area contributed by atoms with E-state index in [-0.39, 0.29) is 11.6 Å². The van der Waals surface area contributed by atoms with Crippen LogP contribution in [0.1, 0.15) is 26.4 Å². The molecule has 0 saturated carbocycles. The molecule has 2 aromatic carbocycles. The predicted octanol–water partition coefficient (Wildman–Crippen LogP) is 3.80. The number of esters is 1. The van der Waals surface area contributed by atoms with Gasteiger partial charge in [0.15, 0.2) is 5.69 Å². The first-order valence-electron chi connectivity index (χ1n) is 8.37. The van der Waals surface area contributed by atoms with Crippen molar-refractivity contribution < 1.29 is 19.1 Å². The smallest absolute Gasteiger partial charge is 0.360 e. The number of amides is 1. The summed E-state index contributed by atoms with van der Waals surface area (Å²) in [5.74, 6) is -0.219. The van der Waals surface area contributed by atoms with Gasteiger partial charge in [0.1, 0.15) is 12.4 Å².